The van der Waals surface area contributed by atoms with Gasteiger partial charge in [-0.3, -0.25) is 4.79 Å². The van der Waals surface area contributed by atoms with E-state index in [0.717, 1.165) is 31.6 Å². The number of halogens is 5. The molecule has 27 heavy (non-hydrogen) atoms. The molecule has 0 saturated heterocycles. The molecule has 0 heterocycles. The number of hydrogen-bond acceptors (Lipinski definition) is 2. The summed E-state index contributed by atoms with van der Waals surface area (Å²) in [6, 6.07) is 0.783. The number of carbonyl (C=O) groups excluding carboxylic acids is 1. The van der Waals surface area contributed by atoms with Gasteiger partial charge in [0.15, 0.2) is 0 Å². The van der Waals surface area contributed by atoms with Crippen LogP contribution in [0.15, 0.2) is 12.1 Å². The molecule has 0 aromatic heterocycles. The Morgan fingerprint density at radius 3 is 2.04 bits per heavy atom. The fourth-order valence-corrected chi connectivity index (χ4v) is 3.69. The first kappa shape index (κ1) is 21.6. The Morgan fingerprint density at radius 1 is 1.04 bits per heavy atom. The second-order valence-corrected chi connectivity index (χ2v) is 7.30. The van der Waals surface area contributed by atoms with E-state index in [1.54, 1.807) is 0 Å². The average Bonchev–Trinajstić information content (AvgIpc) is 2.57. The van der Waals surface area contributed by atoms with Crippen molar-refractivity contribution in [2.45, 2.75) is 70.9 Å². The first-order valence-corrected chi connectivity index (χ1v) is 9.47. The maximum absolute atomic E-state index is 13.5. The summed E-state index contributed by atoms with van der Waals surface area (Å²) in [7, 11) is 0. The lowest BCUT2D eigenvalue weighted by atomic mass is 9.78. The molecule has 0 radical (unpaired) electrons. The zero-order valence-electron chi connectivity index (χ0n) is 15.4. The van der Waals surface area contributed by atoms with E-state index in [1.807, 2.05) is 0 Å². The van der Waals surface area contributed by atoms with Gasteiger partial charge in [0, 0.05) is 18.6 Å². The fraction of sp³-hybridized carbons (Fsp3) is 0.650. The molecule has 0 atom stereocenters. The number of esters is 1. The quantitative estimate of drug-likeness (QED) is 0.294. The van der Waals surface area contributed by atoms with Gasteiger partial charge >= 0.3 is 12.1 Å². The minimum Gasteiger partial charge on any atom is -0.426 e. The van der Waals surface area contributed by atoms with E-state index in [1.165, 1.54) is 19.3 Å². The SMILES string of the molecule is CCCCC1CCC(CCC(=O)Oc2cc(F)c(C(F)(F)F)c(F)c2)CC1. The van der Waals surface area contributed by atoms with Crippen molar-refractivity contribution in [3.63, 3.8) is 0 Å². The van der Waals surface area contributed by atoms with Crippen LogP contribution in [0.1, 0.15) is 70.3 Å². The normalized spacial score (nSPS) is 20.5. The summed E-state index contributed by atoms with van der Waals surface area (Å²) >= 11 is 0. The van der Waals surface area contributed by atoms with E-state index >= 15 is 0 Å². The van der Waals surface area contributed by atoms with E-state index in [4.69, 9.17) is 4.74 Å². The highest BCUT2D eigenvalue weighted by Crippen LogP contribution is 2.36. The van der Waals surface area contributed by atoms with Crippen LogP contribution < -0.4 is 4.74 Å². The molecule has 0 amide bonds. The molecule has 0 unspecified atom stereocenters. The lowest BCUT2D eigenvalue weighted by Crippen LogP contribution is -2.17. The number of benzene rings is 1. The van der Waals surface area contributed by atoms with Crippen molar-refractivity contribution in [1.29, 1.82) is 0 Å². The molecule has 0 aliphatic heterocycles. The molecule has 1 aliphatic carbocycles. The Hall–Kier alpha value is -1.66. The second-order valence-electron chi connectivity index (χ2n) is 7.30. The molecule has 1 saturated carbocycles. The third-order valence-electron chi connectivity index (χ3n) is 5.22. The van der Waals surface area contributed by atoms with Crippen molar-refractivity contribution in [3.05, 3.63) is 29.3 Å². The van der Waals surface area contributed by atoms with E-state index < -0.39 is 35.1 Å². The largest absolute Gasteiger partial charge is 0.426 e. The molecule has 2 nitrogen and oxygen atoms in total. The minimum atomic E-state index is -5.15. The van der Waals surface area contributed by atoms with Crippen LogP contribution in [0, 0.1) is 23.5 Å². The van der Waals surface area contributed by atoms with Gasteiger partial charge in [0.1, 0.15) is 22.9 Å². The highest BCUT2D eigenvalue weighted by molar-refractivity contribution is 5.72. The number of unbranched alkanes of at least 4 members (excludes halogenated alkanes) is 1. The lowest BCUT2D eigenvalue weighted by molar-refractivity contribution is -0.142. The first-order chi connectivity index (χ1) is 12.7. The van der Waals surface area contributed by atoms with Gasteiger partial charge in [-0.15, -0.1) is 0 Å². The fourth-order valence-electron chi connectivity index (χ4n) is 3.69. The Balaban J connectivity index is 1.81. The van der Waals surface area contributed by atoms with Crippen molar-refractivity contribution in [2.75, 3.05) is 0 Å². The molecule has 0 bridgehead atoms. The third-order valence-corrected chi connectivity index (χ3v) is 5.22. The Kier molecular flexibility index (Phi) is 7.62. The summed E-state index contributed by atoms with van der Waals surface area (Å²) in [6.07, 6.45) is 3.61. The first-order valence-electron chi connectivity index (χ1n) is 9.47. The van der Waals surface area contributed by atoms with Crippen LogP contribution in [-0.2, 0) is 11.0 Å². The average molecular weight is 392 g/mol. The van der Waals surface area contributed by atoms with Crippen molar-refractivity contribution < 1.29 is 31.5 Å². The summed E-state index contributed by atoms with van der Waals surface area (Å²) in [6.45, 7) is 2.17. The molecule has 2 rings (SSSR count). The van der Waals surface area contributed by atoms with Gasteiger partial charge in [0.05, 0.1) is 0 Å². The molecule has 152 valence electrons. The van der Waals surface area contributed by atoms with Gasteiger partial charge in [0.25, 0.3) is 0 Å². The van der Waals surface area contributed by atoms with Crippen LogP contribution in [0.2, 0.25) is 0 Å². The Bertz CT molecular complexity index is 611. The number of alkyl halides is 3. The number of hydrogen-bond donors (Lipinski definition) is 0. The Labute approximate surface area is 156 Å². The monoisotopic (exact) mass is 392 g/mol. The van der Waals surface area contributed by atoms with Crippen molar-refractivity contribution >= 4 is 5.97 Å². The topological polar surface area (TPSA) is 26.3 Å². The maximum atomic E-state index is 13.5. The zero-order valence-corrected chi connectivity index (χ0v) is 15.4. The zero-order chi connectivity index (χ0) is 20.0. The van der Waals surface area contributed by atoms with Gasteiger partial charge in [-0.05, 0) is 18.3 Å². The summed E-state index contributed by atoms with van der Waals surface area (Å²) in [4.78, 5) is 11.9. The molecule has 1 fully saturated rings. The predicted octanol–water partition coefficient (Wildman–Crippen LogP) is 6.67. The highest BCUT2D eigenvalue weighted by Gasteiger charge is 2.38. The van der Waals surface area contributed by atoms with Crippen LogP contribution in [0.4, 0.5) is 22.0 Å². The molecule has 1 aliphatic rings. The standard InChI is InChI=1S/C20H25F5O2/c1-2-3-4-13-5-7-14(8-6-13)9-10-18(26)27-15-11-16(21)19(17(22)12-15)20(23,24)25/h11-14H,2-10H2,1H3. The van der Waals surface area contributed by atoms with Gasteiger partial charge < -0.3 is 4.74 Å². The Morgan fingerprint density at radius 2 is 1.56 bits per heavy atom. The van der Waals surface area contributed by atoms with Crippen LogP contribution in [-0.4, -0.2) is 5.97 Å². The lowest BCUT2D eigenvalue weighted by Gasteiger charge is -2.28. The van der Waals surface area contributed by atoms with Crippen LogP contribution in [0.25, 0.3) is 0 Å². The molecule has 1 aromatic rings. The minimum absolute atomic E-state index is 0.0779. The van der Waals surface area contributed by atoms with E-state index in [0.29, 0.717) is 24.5 Å². The van der Waals surface area contributed by atoms with Gasteiger partial charge in [0.2, 0.25) is 0 Å². The second kappa shape index (κ2) is 9.51. The van der Waals surface area contributed by atoms with Crippen molar-refractivity contribution in [1.82, 2.24) is 0 Å². The third kappa shape index (κ3) is 6.47. The van der Waals surface area contributed by atoms with E-state index in [2.05, 4.69) is 6.92 Å². The molecular weight excluding hydrogens is 367 g/mol. The molecule has 7 heteroatoms. The summed E-state index contributed by atoms with van der Waals surface area (Å²) in [5.74, 6) is -3.66. The van der Waals surface area contributed by atoms with Gasteiger partial charge in [-0.1, -0.05) is 51.9 Å². The summed E-state index contributed by atoms with van der Waals surface area (Å²) in [5.41, 5.74) is -1.98. The molecule has 1 aromatic carbocycles. The number of carbonyl (C=O) groups is 1. The summed E-state index contributed by atoms with van der Waals surface area (Å²) in [5, 5.41) is 0. The molecule has 0 N–H and O–H groups in total. The van der Waals surface area contributed by atoms with Crippen LogP contribution in [0.5, 0.6) is 5.75 Å². The van der Waals surface area contributed by atoms with Crippen molar-refractivity contribution in [2.24, 2.45) is 11.8 Å². The van der Waals surface area contributed by atoms with Gasteiger partial charge in [-0.2, -0.15) is 13.2 Å². The smallest absolute Gasteiger partial charge is 0.422 e. The number of ether oxygens (including phenoxy) is 1. The van der Waals surface area contributed by atoms with E-state index in [9.17, 15) is 26.7 Å². The summed E-state index contributed by atoms with van der Waals surface area (Å²) < 4.78 is 69.5. The van der Waals surface area contributed by atoms with Gasteiger partial charge in [-0.25, -0.2) is 8.78 Å². The predicted molar refractivity (Wildman–Crippen MR) is 91.2 cm³/mol. The highest BCUT2D eigenvalue weighted by atomic mass is 19.4. The van der Waals surface area contributed by atoms with Crippen molar-refractivity contribution in [3.8, 4) is 5.75 Å². The van der Waals surface area contributed by atoms with Crippen LogP contribution in [0.3, 0.4) is 0 Å². The maximum Gasteiger partial charge on any atom is 0.422 e. The molecular formula is C20H25F5O2. The van der Waals surface area contributed by atoms with E-state index in [-0.39, 0.29) is 6.42 Å². The molecule has 0 spiro atoms. The van der Waals surface area contributed by atoms with Crippen LogP contribution >= 0.6 is 0 Å². The number of rotatable bonds is 7.